The van der Waals surface area contributed by atoms with Crippen LogP contribution in [0.1, 0.15) is 25.8 Å². The van der Waals surface area contributed by atoms with E-state index in [-0.39, 0.29) is 23.5 Å². The van der Waals surface area contributed by atoms with Gasteiger partial charge in [0.1, 0.15) is 5.82 Å². The van der Waals surface area contributed by atoms with Crippen molar-refractivity contribution in [2.75, 3.05) is 13.1 Å². The summed E-state index contributed by atoms with van der Waals surface area (Å²) in [4.78, 5) is 22.5. The van der Waals surface area contributed by atoms with Gasteiger partial charge < -0.3 is 10.6 Å². The molecule has 0 radical (unpaired) electrons. The van der Waals surface area contributed by atoms with E-state index in [4.69, 9.17) is 0 Å². The second-order valence-electron chi connectivity index (χ2n) is 4.82. The van der Waals surface area contributed by atoms with Gasteiger partial charge in [0.15, 0.2) is 0 Å². The molecule has 1 atom stereocenters. The first kappa shape index (κ1) is 16.1. The third kappa shape index (κ3) is 5.82. The molecule has 20 heavy (non-hydrogen) atoms. The molecule has 0 aromatic heterocycles. The lowest BCUT2D eigenvalue weighted by molar-refractivity contribution is -0.124. The molecule has 0 bridgehead atoms. The van der Waals surface area contributed by atoms with Gasteiger partial charge in [0.2, 0.25) is 11.8 Å². The van der Waals surface area contributed by atoms with Crippen LogP contribution in [0.3, 0.4) is 0 Å². The van der Waals surface area contributed by atoms with Crippen molar-refractivity contribution in [3.05, 3.63) is 35.6 Å². The molecule has 1 unspecified atom stereocenters. The molecule has 0 aliphatic carbocycles. The van der Waals surface area contributed by atoms with Crippen molar-refractivity contribution < 1.29 is 14.0 Å². The molecule has 0 spiro atoms. The molecule has 0 fully saturated rings. The molecule has 0 aliphatic heterocycles. The molecule has 0 heterocycles. The summed E-state index contributed by atoms with van der Waals surface area (Å²) in [5.74, 6) is -0.745. The zero-order chi connectivity index (χ0) is 15.0. The zero-order valence-electron chi connectivity index (χ0n) is 11.9. The smallest absolute Gasteiger partial charge is 0.223 e. The number of amides is 2. The minimum absolute atomic E-state index is 0.0794. The number of halogens is 1. The van der Waals surface area contributed by atoms with E-state index in [2.05, 4.69) is 10.6 Å². The first-order valence-corrected chi connectivity index (χ1v) is 6.76. The van der Waals surface area contributed by atoms with Gasteiger partial charge in [-0.2, -0.15) is 0 Å². The monoisotopic (exact) mass is 280 g/mol. The highest BCUT2D eigenvalue weighted by Gasteiger charge is 2.14. The molecule has 5 heteroatoms. The average Bonchev–Trinajstić information content (AvgIpc) is 2.40. The van der Waals surface area contributed by atoms with Crippen LogP contribution in [0.5, 0.6) is 0 Å². The lowest BCUT2D eigenvalue weighted by Crippen LogP contribution is -2.33. The molecule has 4 nitrogen and oxygen atoms in total. The van der Waals surface area contributed by atoms with Gasteiger partial charge in [0.05, 0.1) is 0 Å². The van der Waals surface area contributed by atoms with Gasteiger partial charge >= 0.3 is 0 Å². The van der Waals surface area contributed by atoms with Crippen molar-refractivity contribution in [3.63, 3.8) is 0 Å². The third-order valence-corrected chi connectivity index (χ3v) is 2.96. The second-order valence-corrected chi connectivity index (χ2v) is 4.82. The highest BCUT2D eigenvalue weighted by atomic mass is 19.1. The van der Waals surface area contributed by atoms with Crippen LogP contribution in [0.25, 0.3) is 0 Å². The lowest BCUT2D eigenvalue weighted by Gasteiger charge is -2.12. The van der Waals surface area contributed by atoms with Crippen LogP contribution in [0.4, 0.5) is 4.39 Å². The van der Waals surface area contributed by atoms with Gasteiger partial charge in [-0.3, -0.25) is 9.59 Å². The van der Waals surface area contributed by atoms with E-state index in [0.29, 0.717) is 31.5 Å². The molecule has 2 amide bonds. The lowest BCUT2D eigenvalue weighted by atomic mass is 10.00. The number of rotatable bonds is 7. The fraction of sp³-hybridized carbons (Fsp3) is 0.467. The van der Waals surface area contributed by atoms with Gasteiger partial charge in [0.25, 0.3) is 0 Å². The fourth-order valence-corrected chi connectivity index (χ4v) is 1.83. The van der Waals surface area contributed by atoms with Gasteiger partial charge in [0, 0.05) is 25.9 Å². The van der Waals surface area contributed by atoms with E-state index < -0.39 is 0 Å². The summed E-state index contributed by atoms with van der Waals surface area (Å²) in [6.07, 6.45) is 1.06. The maximum Gasteiger partial charge on any atom is 0.223 e. The predicted molar refractivity (Wildman–Crippen MR) is 75.6 cm³/mol. The van der Waals surface area contributed by atoms with Crippen LogP contribution in [0.2, 0.25) is 0 Å². The molecular weight excluding hydrogens is 259 g/mol. The second kappa shape index (κ2) is 8.30. The van der Waals surface area contributed by atoms with Crippen LogP contribution >= 0.6 is 0 Å². The normalized spacial score (nSPS) is 11.8. The van der Waals surface area contributed by atoms with Crippen molar-refractivity contribution >= 4 is 11.8 Å². The Balaban J connectivity index is 2.29. The number of carbonyl (C=O) groups excluding carboxylic acids is 2. The van der Waals surface area contributed by atoms with E-state index >= 15 is 0 Å². The Morgan fingerprint density at radius 2 is 1.85 bits per heavy atom. The highest BCUT2D eigenvalue weighted by molar-refractivity contribution is 5.78. The zero-order valence-corrected chi connectivity index (χ0v) is 11.9. The third-order valence-electron chi connectivity index (χ3n) is 2.96. The molecule has 0 aliphatic rings. The summed E-state index contributed by atoms with van der Waals surface area (Å²) in [6.45, 7) is 4.27. The molecule has 1 aromatic carbocycles. The predicted octanol–water partition coefficient (Wildman–Crippen LogP) is 1.65. The number of nitrogens with one attached hydrogen (secondary N) is 2. The Hall–Kier alpha value is -1.91. The summed E-state index contributed by atoms with van der Waals surface area (Å²) in [6, 6.07) is 6.48. The number of hydrogen-bond donors (Lipinski definition) is 2. The van der Waals surface area contributed by atoms with Gasteiger partial charge in [-0.15, -0.1) is 0 Å². The van der Waals surface area contributed by atoms with Gasteiger partial charge in [-0.25, -0.2) is 4.39 Å². The summed E-state index contributed by atoms with van der Waals surface area (Å²) in [5, 5.41) is 5.44. The number of benzene rings is 1. The Bertz CT molecular complexity index is 463. The first-order chi connectivity index (χ1) is 9.50. The number of carbonyl (C=O) groups is 2. The van der Waals surface area contributed by atoms with Crippen molar-refractivity contribution in [3.8, 4) is 0 Å². The molecule has 2 N–H and O–H groups in total. The van der Waals surface area contributed by atoms with E-state index in [1.165, 1.54) is 13.0 Å². The van der Waals surface area contributed by atoms with Gasteiger partial charge in [-0.1, -0.05) is 25.1 Å². The largest absolute Gasteiger partial charge is 0.356 e. The topological polar surface area (TPSA) is 58.2 Å². The van der Waals surface area contributed by atoms with E-state index in [1.54, 1.807) is 25.1 Å². The Kier molecular flexibility index (Phi) is 6.70. The summed E-state index contributed by atoms with van der Waals surface area (Å²) < 4.78 is 13.5. The molecule has 1 rings (SSSR count). The maximum atomic E-state index is 13.5. The van der Waals surface area contributed by atoms with E-state index in [0.717, 1.165) is 0 Å². The van der Waals surface area contributed by atoms with Crippen LogP contribution in [0, 0.1) is 11.7 Å². The molecular formula is C15H21FN2O2. The summed E-state index contributed by atoms with van der Waals surface area (Å²) in [5.41, 5.74) is 0.549. The minimum atomic E-state index is -0.285. The number of hydrogen-bond acceptors (Lipinski definition) is 2. The summed E-state index contributed by atoms with van der Waals surface area (Å²) in [7, 11) is 0. The Morgan fingerprint density at radius 3 is 2.50 bits per heavy atom. The highest BCUT2D eigenvalue weighted by Crippen LogP contribution is 2.12. The van der Waals surface area contributed by atoms with Crippen molar-refractivity contribution in [2.45, 2.75) is 26.7 Å². The minimum Gasteiger partial charge on any atom is -0.356 e. The standard InChI is InChI=1S/C15H21FN2O2/c1-11(10-13-6-3-4-7-14(13)16)15(20)18-9-5-8-17-12(2)19/h3-4,6-7,11H,5,8-10H2,1-2H3,(H,17,19)(H,18,20). The van der Waals surface area contributed by atoms with Crippen molar-refractivity contribution in [1.82, 2.24) is 10.6 Å². The first-order valence-electron chi connectivity index (χ1n) is 6.76. The maximum absolute atomic E-state index is 13.5. The molecule has 0 saturated carbocycles. The molecule has 0 saturated heterocycles. The molecule has 110 valence electrons. The van der Waals surface area contributed by atoms with Crippen LogP contribution < -0.4 is 10.6 Å². The average molecular weight is 280 g/mol. The van der Waals surface area contributed by atoms with Crippen molar-refractivity contribution in [1.29, 1.82) is 0 Å². The van der Waals surface area contributed by atoms with Crippen molar-refractivity contribution in [2.24, 2.45) is 5.92 Å². The van der Waals surface area contributed by atoms with E-state index in [1.807, 2.05) is 0 Å². The Labute approximate surface area is 118 Å². The Morgan fingerprint density at radius 1 is 1.20 bits per heavy atom. The van der Waals surface area contributed by atoms with E-state index in [9.17, 15) is 14.0 Å². The molecule has 1 aromatic rings. The summed E-state index contributed by atoms with van der Waals surface area (Å²) >= 11 is 0. The van der Waals surface area contributed by atoms with Crippen LogP contribution in [-0.4, -0.2) is 24.9 Å². The van der Waals surface area contributed by atoms with Crippen LogP contribution in [-0.2, 0) is 16.0 Å². The van der Waals surface area contributed by atoms with Crippen LogP contribution in [0.15, 0.2) is 24.3 Å². The quantitative estimate of drug-likeness (QED) is 0.746. The fourth-order valence-electron chi connectivity index (χ4n) is 1.83. The SMILES string of the molecule is CC(=O)NCCCNC(=O)C(C)Cc1ccccc1F. The van der Waals surface area contributed by atoms with Gasteiger partial charge in [-0.05, 0) is 24.5 Å².